The summed E-state index contributed by atoms with van der Waals surface area (Å²) in [7, 11) is 0. The first-order valence-corrected chi connectivity index (χ1v) is 4.18. The van der Waals surface area contributed by atoms with Crippen LogP contribution >= 0.6 is 15.9 Å². The average Bonchev–Trinajstić information content (AvgIpc) is 1.99. The van der Waals surface area contributed by atoms with Crippen molar-refractivity contribution in [3.05, 3.63) is 26.8 Å². The quantitative estimate of drug-likeness (QED) is 0.711. The van der Waals surface area contributed by atoms with E-state index in [1.807, 2.05) is 13.8 Å². The van der Waals surface area contributed by atoms with Crippen molar-refractivity contribution in [1.82, 2.24) is 9.55 Å². The summed E-state index contributed by atoms with van der Waals surface area (Å²) in [4.78, 5) is 15.1. The number of aryl methyl sites for hydroxylation is 1. The van der Waals surface area contributed by atoms with E-state index in [4.69, 9.17) is 0 Å². The van der Waals surface area contributed by atoms with Crippen LogP contribution in [0.3, 0.4) is 0 Å². The van der Waals surface area contributed by atoms with Gasteiger partial charge in [-0.3, -0.25) is 4.79 Å². The lowest BCUT2D eigenvalue weighted by atomic mass is 10.4. The maximum atomic E-state index is 11.3. The highest BCUT2D eigenvalue weighted by Crippen LogP contribution is 1.99. The molecule has 0 saturated heterocycles. The van der Waals surface area contributed by atoms with Crippen LogP contribution in [0, 0.1) is 6.92 Å². The molecule has 0 fully saturated rings. The molecule has 0 saturated carbocycles. The average molecular weight is 217 g/mol. The van der Waals surface area contributed by atoms with E-state index >= 15 is 0 Å². The Bertz CT molecular complexity index is 319. The van der Waals surface area contributed by atoms with E-state index in [2.05, 4.69) is 20.9 Å². The molecule has 1 heterocycles. The monoisotopic (exact) mass is 216 g/mol. The fourth-order valence-electron chi connectivity index (χ4n) is 0.940. The Balaban J connectivity index is 3.41. The van der Waals surface area contributed by atoms with E-state index in [-0.39, 0.29) is 5.56 Å². The Morgan fingerprint density at radius 3 is 2.82 bits per heavy atom. The second-order valence-electron chi connectivity index (χ2n) is 2.24. The second-order valence-corrected chi connectivity index (χ2v) is 2.99. The van der Waals surface area contributed by atoms with Crippen LogP contribution in [0.15, 0.2) is 15.6 Å². The van der Waals surface area contributed by atoms with Crippen LogP contribution in [0.1, 0.15) is 12.6 Å². The summed E-state index contributed by atoms with van der Waals surface area (Å²) < 4.78 is 2.04. The lowest BCUT2D eigenvalue weighted by molar-refractivity contribution is 0.685. The molecule has 1 aromatic rings. The molecule has 0 spiro atoms. The maximum absolute atomic E-state index is 11.3. The first kappa shape index (κ1) is 8.46. The summed E-state index contributed by atoms with van der Waals surface area (Å²) in [5.74, 6) is 0. The number of aromatic nitrogens is 2. The largest absolute Gasteiger partial charge is 0.309 e. The first-order valence-electron chi connectivity index (χ1n) is 3.38. The zero-order chi connectivity index (χ0) is 8.43. The van der Waals surface area contributed by atoms with Crippen molar-refractivity contribution in [1.29, 1.82) is 0 Å². The van der Waals surface area contributed by atoms with Crippen LogP contribution < -0.4 is 5.56 Å². The van der Waals surface area contributed by atoms with E-state index in [1.165, 1.54) is 0 Å². The molecule has 0 amide bonds. The van der Waals surface area contributed by atoms with Crippen molar-refractivity contribution >= 4 is 15.9 Å². The van der Waals surface area contributed by atoms with Crippen molar-refractivity contribution in [2.75, 3.05) is 0 Å². The van der Waals surface area contributed by atoms with E-state index in [1.54, 1.807) is 10.8 Å². The van der Waals surface area contributed by atoms with E-state index in [0.717, 1.165) is 5.69 Å². The SMILES string of the molecule is CCn1c(C)cnc(Br)c1=O. The molecular formula is C7H9BrN2O. The number of hydrogen-bond acceptors (Lipinski definition) is 2. The molecule has 0 aromatic carbocycles. The molecule has 0 aliphatic rings. The van der Waals surface area contributed by atoms with Gasteiger partial charge in [-0.2, -0.15) is 0 Å². The molecule has 0 radical (unpaired) electrons. The van der Waals surface area contributed by atoms with Gasteiger partial charge in [-0.15, -0.1) is 0 Å². The molecule has 0 atom stereocenters. The van der Waals surface area contributed by atoms with Gasteiger partial charge in [0.1, 0.15) is 0 Å². The molecule has 1 aromatic heterocycles. The van der Waals surface area contributed by atoms with Crippen molar-refractivity contribution in [2.24, 2.45) is 0 Å². The van der Waals surface area contributed by atoms with Crippen molar-refractivity contribution in [3.8, 4) is 0 Å². The van der Waals surface area contributed by atoms with Crippen LogP contribution in [0.2, 0.25) is 0 Å². The third kappa shape index (κ3) is 1.50. The Morgan fingerprint density at radius 1 is 1.73 bits per heavy atom. The first-order chi connectivity index (χ1) is 5.16. The highest BCUT2D eigenvalue weighted by Gasteiger charge is 2.01. The van der Waals surface area contributed by atoms with Crippen LogP contribution in [0.25, 0.3) is 0 Å². The fourth-order valence-corrected chi connectivity index (χ4v) is 1.26. The standard InChI is InChI=1S/C7H9BrN2O/c1-3-10-5(2)4-9-6(8)7(10)11/h4H,3H2,1-2H3. The molecular weight excluding hydrogens is 208 g/mol. The van der Waals surface area contributed by atoms with Gasteiger partial charge in [-0.1, -0.05) is 0 Å². The van der Waals surface area contributed by atoms with E-state index < -0.39 is 0 Å². The molecule has 3 nitrogen and oxygen atoms in total. The summed E-state index contributed by atoms with van der Waals surface area (Å²) in [6, 6.07) is 0. The Labute approximate surface area is 73.2 Å². The van der Waals surface area contributed by atoms with Gasteiger partial charge in [0.15, 0.2) is 4.60 Å². The summed E-state index contributed by atoms with van der Waals surface area (Å²) in [5.41, 5.74) is 0.827. The minimum atomic E-state index is -0.0625. The van der Waals surface area contributed by atoms with Crippen molar-refractivity contribution in [2.45, 2.75) is 20.4 Å². The smallest absolute Gasteiger partial charge is 0.283 e. The second kappa shape index (κ2) is 3.17. The molecule has 1 rings (SSSR count). The summed E-state index contributed by atoms with van der Waals surface area (Å²) in [5, 5.41) is 0. The van der Waals surface area contributed by atoms with Crippen LogP contribution in [-0.4, -0.2) is 9.55 Å². The number of rotatable bonds is 1. The lowest BCUT2D eigenvalue weighted by Crippen LogP contribution is -2.22. The third-order valence-electron chi connectivity index (χ3n) is 1.53. The highest BCUT2D eigenvalue weighted by molar-refractivity contribution is 9.10. The minimum absolute atomic E-state index is 0.0625. The molecule has 0 bridgehead atoms. The molecule has 4 heteroatoms. The van der Waals surface area contributed by atoms with Gasteiger partial charge in [0.25, 0.3) is 5.56 Å². The maximum Gasteiger partial charge on any atom is 0.283 e. The molecule has 11 heavy (non-hydrogen) atoms. The van der Waals surface area contributed by atoms with E-state index in [9.17, 15) is 4.79 Å². The molecule has 0 unspecified atom stereocenters. The predicted octanol–water partition coefficient (Wildman–Crippen LogP) is 1.33. The van der Waals surface area contributed by atoms with E-state index in [0.29, 0.717) is 11.1 Å². The Hall–Kier alpha value is -0.640. The topological polar surface area (TPSA) is 34.9 Å². The van der Waals surface area contributed by atoms with Crippen LogP contribution in [0.5, 0.6) is 0 Å². The third-order valence-corrected chi connectivity index (χ3v) is 2.07. The van der Waals surface area contributed by atoms with Gasteiger partial charge in [-0.25, -0.2) is 4.98 Å². The fraction of sp³-hybridized carbons (Fsp3) is 0.429. The van der Waals surface area contributed by atoms with Crippen molar-refractivity contribution < 1.29 is 0 Å². The van der Waals surface area contributed by atoms with Crippen LogP contribution in [0.4, 0.5) is 0 Å². The van der Waals surface area contributed by atoms with Gasteiger partial charge in [0, 0.05) is 18.4 Å². The zero-order valence-electron chi connectivity index (χ0n) is 6.47. The van der Waals surface area contributed by atoms with Crippen LogP contribution in [-0.2, 0) is 6.54 Å². The molecule has 0 aliphatic carbocycles. The molecule has 60 valence electrons. The lowest BCUT2D eigenvalue weighted by Gasteiger charge is -2.04. The molecule has 0 N–H and O–H groups in total. The predicted molar refractivity (Wildman–Crippen MR) is 46.6 cm³/mol. The summed E-state index contributed by atoms with van der Waals surface area (Å²) in [6.45, 7) is 4.48. The summed E-state index contributed by atoms with van der Waals surface area (Å²) >= 11 is 3.08. The Morgan fingerprint density at radius 2 is 2.36 bits per heavy atom. The normalized spacial score (nSPS) is 10.1. The molecule has 0 aliphatic heterocycles. The van der Waals surface area contributed by atoms with Gasteiger partial charge >= 0.3 is 0 Å². The minimum Gasteiger partial charge on any atom is -0.309 e. The summed E-state index contributed by atoms with van der Waals surface area (Å²) in [6.07, 6.45) is 1.68. The van der Waals surface area contributed by atoms with Crippen molar-refractivity contribution in [3.63, 3.8) is 0 Å². The zero-order valence-corrected chi connectivity index (χ0v) is 8.05. The Kier molecular flexibility index (Phi) is 2.44. The number of hydrogen-bond donors (Lipinski definition) is 0. The number of halogens is 1. The van der Waals surface area contributed by atoms with Gasteiger partial charge < -0.3 is 4.57 Å². The van der Waals surface area contributed by atoms with Gasteiger partial charge in [-0.05, 0) is 29.8 Å². The van der Waals surface area contributed by atoms with Gasteiger partial charge in [0.2, 0.25) is 0 Å². The highest BCUT2D eigenvalue weighted by atomic mass is 79.9. The number of nitrogens with zero attached hydrogens (tertiary/aromatic N) is 2. The van der Waals surface area contributed by atoms with Gasteiger partial charge in [0.05, 0.1) is 0 Å².